The van der Waals surface area contributed by atoms with Gasteiger partial charge in [-0.25, -0.2) is 0 Å². The van der Waals surface area contributed by atoms with Crippen LogP contribution in [0.15, 0.2) is 54.6 Å². The Labute approximate surface area is 139 Å². The van der Waals surface area contributed by atoms with E-state index in [2.05, 4.69) is 33.9 Å². The van der Waals surface area contributed by atoms with Crippen molar-refractivity contribution in [1.82, 2.24) is 0 Å². The zero-order chi connectivity index (χ0) is 15.9. The Hall–Kier alpha value is -1.91. The molecule has 0 spiro atoms. The first kappa shape index (κ1) is 16.0. The summed E-state index contributed by atoms with van der Waals surface area (Å²) >= 11 is 0. The van der Waals surface area contributed by atoms with Crippen LogP contribution in [0.3, 0.4) is 0 Å². The number of anilines is 2. The number of benzene rings is 2. The van der Waals surface area contributed by atoms with E-state index in [-0.39, 0.29) is 0 Å². The largest absolute Gasteiger partial charge is 0.306 e. The van der Waals surface area contributed by atoms with Gasteiger partial charge < -0.3 is 9.95 Å². The summed E-state index contributed by atoms with van der Waals surface area (Å²) in [6.07, 6.45) is 2.02. The average Bonchev–Trinajstić information content (AvgIpc) is 3.31. The average molecular weight is 306 g/mol. The van der Waals surface area contributed by atoms with Crippen LogP contribution in [0, 0.1) is 6.92 Å². The van der Waals surface area contributed by atoms with Gasteiger partial charge in [0.2, 0.25) is 0 Å². The number of aryl methyl sites for hydroxylation is 1. The molecule has 0 saturated carbocycles. The lowest BCUT2D eigenvalue weighted by atomic mass is 9.90. The van der Waals surface area contributed by atoms with E-state index >= 15 is 0 Å². The first-order valence-electron chi connectivity index (χ1n) is 7.96. The molecule has 2 heterocycles. The summed E-state index contributed by atoms with van der Waals surface area (Å²) in [7, 11) is 4.12. The monoisotopic (exact) mass is 306 g/mol. The summed E-state index contributed by atoms with van der Waals surface area (Å²) in [6.45, 7) is 3.69. The third-order valence-electron chi connectivity index (χ3n) is 3.65. The molecule has 0 aromatic heterocycles. The lowest BCUT2D eigenvalue weighted by Gasteiger charge is -2.18. The molecule has 2 saturated heterocycles. The normalized spacial score (nSPS) is 16.4. The maximum atomic E-state index is 5.40. The lowest BCUT2D eigenvalue weighted by Crippen LogP contribution is -2.19. The molecule has 2 radical (unpaired) electrons. The van der Waals surface area contributed by atoms with Gasteiger partial charge in [-0.2, -0.15) is 0 Å². The van der Waals surface area contributed by atoms with Crippen LogP contribution >= 0.6 is 0 Å². The molecule has 0 atom stereocenters. The fourth-order valence-electron chi connectivity index (χ4n) is 2.48. The second kappa shape index (κ2) is 8.09. The molecule has 2 aliphatic heterocycles. The van der Waals surface area contributed by atoms with Crippen molar-refractivity contribution in [2.24, 2.45) is 0 Å². The number of para-hydroxylation sites is 2. The standard InChI is InChI=1S/C9H11BNO.C8H9BNO/c1-8-4-2-3-5-9(8)11-10-6-7-12-11;1-2-4-8(5-3-1)10-9-6-7-11-10/h2-5H,6-7H2,1H3;1-5H,6-7H2. The predicted octanol–water partition coefficient (Wildman–Crippen LogP) is 3.26. The molecule has 0 amide bonds. The highest BCUT2D eigenvalue weighted by molar-refractivity contribution is 6.41. The van der Waals surface area contributed by atoms with Crippen molar-refractivity contribution in [1.29, 1.82) is 0 Å². The van der Waals surface area contributed by atoms with E-state index in [0.717, 1.165) is 37.2 Å². The van der Waals surface area contributed by atoms with E-state index in [1.54, 1.807) is 0 Å². The summed E-state index contributed by atoms with van der Waals surface area (Å²) in [5.74, 6) is 0. The molecule has 0 aliphatic carbocycles. The van der Waals surface area contributed by atoms with Crippen molar-refractivity contribution in [3.05, 3.63) is 60.2 Å². The Morgan fingerprint density at radius 1 is 0.783 bits per heavy atom. The van der Waals surface area contributed by atoms with Gasteiger partial charge in [-0.15, -0.1) is 0 Å². The highest BCUT2D eigenvalue weighted by atomic mass is 16.7. The van der Waals surface area contributed by atoms with Crippen LogP contribution in [0.1, 0.15) is 5.56 Å². The molecule has 4 nitrogen and oxygen atoms in total. The smallest absolute Gasteiger partial charge is 0.288 e. The Morgan fingerprint density at radius 2 is 1.39 bits per heavy atom. The molecule has 0 bridgehead atoms. The molecule has 0 N–H and O–H groups in total. The summed E-state index contributed by atoms with van der Waals surface area (Å²) < 4.78 is 0. The van der Waals surface area contributed by atoms with Gasteiger partial charge in [-0.3, -0.25) is 9.68 Å². The van der Waals surface area contributed by atoms with Crippen LogP contribution in [-0.2, 0) is 9.68 Å². The minimum Gasteiger partial charge on any atom is -0.306 e. The lowest BCUT2D eigenvalue weighted by molar-refractivity contribution is 0.185. The van der Waals surface area contributed by atoms with E-state index in [9.17, 15) is 0 Å². The summed E-state index contributed by atoms with van der Waals surface area (Å²) in [6, 6.07) is 18.3. The molecular formula is C17H20B2N2O2. The van der Waals surface area contributed by atoms with Crippen molar-refractivity contribution in [3.8, 4) is 0 Å². The van der Waals surface area contributed by atoms with Crippen LogP contribution in [0.2, 0.25) is 12.6 Å². The summed E-state index contributed by atoms with van der Waals surface area (Å²) in [4.78, 5) is 14.4. The minimum absolute atomic E-state index is 0.800. The highest BCUT2D eigenvalue weighted by Crippen LogP contribution is 2.21. The van der Waals surface area contributed by atoms with Gasteiger partial charge in [0.05, 0.1) is 18.9 Å². The molecule has 2 aromatic carbocycles. The maximum absolute atomic E-state index is 5.40. The molecule has 23 heavy (non-hydrogen) atoms. The topological polar surface area (TPSA) is 24.9 Å². The predicted molar refractivity (Wildman–Crippen MR) is 95.6 cm³/mol. The Bertz CT molecular complexity index is 601. The Balaban J connectivity index is 0.000000136. The molecule has 6 heteroatoms. The summed E-state index contributed by atoms with van der Waals surface area (Å²) in [5, 5.41) is 0. The van der Waals surface area contributed by atoms with E-state index in [0.29, 0.717) is 0 Å². The van der Waals surface area contributed by atoms with E-state index in [1.807, 2.05) is 52.4 Å². The molecule has 116 valence electrons. The second-order valence-corrected chi connectivity index (χ2v) is 5.38. The van der Waals surface area contributed by atoms with Gasteiger partial charge in [0.1, 0.15) is 0 Å². The number of hydrogen-bond acceptors (Lipinski definition) is 4. The van der Waals surface area contributed by atoms with Crippen molar-refractivity contribution in [2.75, 3.05) is 23.2 Å². The van der Waals surface area contributed by atoms with Crippen LogP contribution in [0.4, 0.5) is 11.4 Å². The van der Waals surface area contributed by atoms with Gasteiger partial charge in [0, 0.05) is 5.69 Å². The van der Waals surface area contributed by atoms with Gasteiger partial charge in [-0.05, 0) is 43.3 Å². The molecule has 4 rings (SSSR count). The molecule has 0 unspecified atom stereocenters. The number of hydrogen-bond donors (Lipinski definition) is 0. The van der Waals surface area contributed by atoms with Crippen molar-refractivity contribution in [2.45, 2.75) is 19.6 Å². The van der Waals surface area contributed by atoms with Crippen molar-refractivity contribution in [3.63, 3.8) is 0 Å². The third kappa shape index (κ3) is 4.30. The van der Waals surface area contributed by atoms with Gasteiger partial charge in [-0.1, -0.05) is 36.4 Å². The van der Waals surface area contributed by atoms with Gasteiger partial charge >= 0.3 is 0 Å². The first-order chi connectivity index (χ1) is 11.3. The Morgan fingerprint density at radius 3 is 2.00 bits per heavy atom. The van der Waals surface area contributed by atoms with Crippen LogP contribution in [0.25, 0.3) is 0 Å². The molecular weight excluding hydrogens is 286 g/mol. The van der Waals surface area contributed by atoms with Crippen molar-refractivity contribution < 1.29 is 9.68 Å². The van der Waals surface area contributed by atoms with Crippen molar-refractivity contribution >= 4 is 26.2 Å². The first-order valence-corrected chi connectivity index (χ1v) is 7.96. The SMILES string of the molecule is Cc1ccccc1N1[B]CCO1.[B]1CCON1c1ccccc1. The van der Waals surface area contributed by atoms with E-state index in [4.69, 9.17) is 9.68 Å². The van der Waals surface area contributed by atoms with E-state index in [1.165, 1.54) is 5.56 Å². The van der Waals surface area contributed by atoms with Gasteiger partial charge in [0.25, 0.3) is 14.8 Å². The minimum atomic E-state index is 0.800. The highest BCUT2D eigenvalue weighted by Gasteiger charge is 2.16. The fraction of sp³-hybridized carbons (Fsp3) is 0.294. The molecule has 2 aromatic rings. The van der Waals surface area contributed by atoms with E-state index < -0.39 is 0 Å². The van der Waals surface area contributed by atoms with Crippen LogP contribution in [0.5, 0.6) is 0 Å². The fourth-order valence-corrected chi connectivity index (χ4v) is 2.48. The Kier molecular flexibility index (Phi) is 5.61. The molecule has 2 aliphatic rings. The summed E-state index contributed by atoms with van der Waals surface area (Å²) in [5.41, 5.74) is 3.50. The number of nitrogens with zero attached hydrogens (tertiary/aromatic N) is 2. The molecule has 2 fully saturated rings. The second-order valence-electron chi connectivity index (χ2n) is 5.38. The quantitative estimate of drug-likeness (QED) is 0.795. The number of rotatable bonds is 2. The zero-order valence-corrected chi connectivity index (χ0v) is 13.4. The zero-order valence-electron chi connectivity index (χ0n) is 13.4. The van der Waals surface area contributed by atoms with Crippen LogP contribution < -0.4 is 9.95 Å². The van der Waals surface area contributed by atoms with Crippen LogP contribution in [-0.4, -0.2) is 28.0 Å². The van der Waals surface area contributed by atoms with Gasteiger partial charge in [0.15, 0.2) is 0 Å². The third-order valence-corrected chi connectivity index (χ3v) is 3.65. The maximum Gasteiger partial charge on any atom is 0.288 e.